The second kappa shape index (κ2) is 7.52. The van der Waals surface area contributed by atoms with Gasteiger partial charge < -0.3 is 14.6 Å². The second-order valence-corrected chi connectivity index (χ2v) is 6.52. The van der Waals surface area contributed by atoms with Gasteiger partial charge in [-0.3, -0.25) is 0 Å². The SMILES string of the molecule is Cc1cccc(OC(Oc2cccc(C)c2C)c2ccccc2O)c1C. The average Bonchev–Trinajstić information content (AvgIpc) is 2.62. The summed E-state index contributed by atoms with van der Waals surface area (Å²) >= 11 is 0. The zero-order chi connectivity index (χ0) is 18.7. The molecule has 0 radical (unpaired) electrons. The molecule has 0 aliphatic rings. The highest BCUT2D eigenvalue weighted by atomic mass is 16.7. The van der Waals surface area contributed by atoms with Crippen LogP contribution in [-0.2, 0) is 0 Å². The van der Waals surface area contributed by atoms with Gasteiger partial charge in [0.05, 0.1) is 5.56 Å². The standard InChI is InChI=1S/C23H24O3/c1-15-9-7-13-21(17(15)3)25-23(19-11-5-6-12-20(19)24)26-22-14-8-10-16(2)18(22)4/h5-14,23-24H,1-4H3. The number of phenols is 1. The van der Waals surface area contributed by atoms with Gasteiger partial charge in [0, 0.05) is 0 Å². The predicted molar refractivity (Wildman–Crippen MR) is 104 cm³/mol. The summed E-state index contributed by atoms with van der Waals surface area (Å²) in [5.74, 6) is 1.63. The monoisotopic (exact) mass is 348 g/mol. The molecule has 3 heteroatoms. The molecule has 0 fully saturated rings. The summed E-state index contributed by atoms with van der Waals surface area (Å²) in [4.78, 5) is 0. The van der Waals surface area contributed by atoms with E-state index >= 15 is 0 Å². The number of hydrogen-bond donors (Lipinski definition) is 1. The summed E-state index contributed by atoms with van der Waals surface area (Å²) in [7, 11) is 0. The van der Waals surface area contributed by atoms with Crippen LogP contribution >= 0.6 is 0 Å². The van der Waals surface area contributed by atoms with Crippen molar-refractivity contribution in [3.05, 3.63) is 88.5 Å². The Kier molecular flexibility index (Phi) is 5.17. The van der Waals surface area contributed by atoms with Gasteiger partial charge >= 0.3 is 0 Å². The van der Waals surface area contributed by atoms with E-state index in [0.29, 0.717) is 5.56 Å². The first-order valence-electron chi connectivity index (χ1n) is 8.71. The van der Waals surface area contributed by atoms with Crippen LogP contribution in [0.5, 0.6) is 17.2 Å². The molecular weight excluding hydrogens is 324 g/mol. The fraction of sp³-hybridized carbons (Fsp3) is 0.217. The summed E-state index contributed by atoms with van der Waals surface area (Å²) < 4.78 is 12.4. The maximum Gasteiger partial charge on any atom is 0.271 e. The van der Waals surface area contributed by atoms with Gasteiger partial charge in [-0.1, -0.05) is 36.4 Å². The molecule has 3 rings (SSSR count). The Morgan fingerprint density at radius 3 is 1.65 bits per heavy atom. The molecule has 0 saturated heterocycles. The summed E-state index contributed by atoms with van der Waals surface area (Å²) in [6.07, 6.45) is -0.753. The van der Waals surface area contributed by atoms with Crippen LogP contribution in [0.2, 0.25) is 0 Å². The van der Waals surface area contributed by atoms with Crippen molar-refractivity contribution < 1.29 is 14.6 Å². The highest BCUT2D eigenvalue weighted by Gasteiger charge is 2.21. The maximum atomic E-state index is 10.3. The van der Waals surface area contributed by atoms with Crippen LogP contribution in [0.25, 0.3) is 0 Å². The first kappa shape index (κ1) is 17.9. The quantitative estimate of drug-likeness (QED) is 0.594. The fourth-order valence-corrected chi connectivity index (χ4v) is 2.77. The molecule has 0 amide bonds. The van der Waals surface area contributed by atoms with Gasteiger partial charge in [-0.05, 0) is 74.2 Å². The van der Waals surface area contributed by atoms with Gasteiger partial charge in [0.1, 0.15) is 17.2 Å². The Labute approximate surface area is 154 Å². The minimum absolute atomic E-state index is 0.146. The molecule has 134 valence electrons. The van der Waals surface area contributed by atoms with Gasteiger partial charge in [-0.25, -0.2) is 0 Å². The average molecular weight is 348 g/mol. The first-order chi connectivity index (χ1) is 12.5. The molecule has 3 aromatic rings. The number of aryl methyl sites for hydroxylation is 2. The van der Waals surface area contributed by atoms with Crippen LogP contribution < -0.4 is 9.47 Å². The van der Waals surface area contributed by atoms with E-state index in [9.17, 15) is 5.11 Å². The van der Waals surface area contributed by atoms with Crippen LogP contribution in [0.1, 0.15) is 34.1 Å². The number of benzene rings is 3. The van der Waals surface area contributed by atoms with E-state index in [1.807, 2.05) is 76.2 Å². The molecule has 0 bridgehead atoms. The maximum absolute atomic E-state index is 10.3. The molecule has 1 N–H and O–H groups in total. The summed E-state index contributed by atoms with van der Waals surface area (Å²) in [5, 5.41) is 10.3. The highest BCUT2D eigenvalue weighted by Crippen LogP contribution is 2.34. The van der Waals surface area contributed by atoms with Crippen molar-refractivity contribution in [3.63, 3.8) is 0 Å². The molecule has 3 aromatic carbocycles. The van der Waals surface area contributed by atoms with Crippen molar-refractivity contribution in [3.8, 4) is 17.2 Å². The predicted octanol–water partition coefficient (Wildman–Crippen LogP) is 5.78. The number of para-hydroxylation sites is 1. The molecule has 0 saturated carbocycles. The number of hydrogen-bond acceptors (Lipinski definition) is 3. The van der Waals surface area contributed by atoms with Crippen LogP contribution in [0.15, 0.2) is 60.7 Å². The topological polar surface area (TPSA) is 38.7 Å². The molecule has 0 aromatic heterocycles. The zero-order valence-electron chi connectivity index (χ0n) is 15.6. The van der Waals surface area contributed by atoms with Crippen molar-refractivity contribution in [1.29, 1.82) is 0 Å². The molecule has 26 heavy (non-hydrogen) atoms. The van der Waals surface area contributed by atoms with E-state index in [4.69, 9.17) is 9.47 Å². The lowest BCUT2D eigenvalue weighted by molar-refractivity contribution is 0.00103. The van der Waals surface area contributed by atoms with Crippen LogP contribution in [-0.4, -0.2) is 5.11 Å². The minimum atomic E-state index is -0.753. The number of ether oxygens (including phenoxy) is 2. The van der Waals surface area contributed by atoms with E-state index in [1.165, 1.54) is 0 Å². The van der Waals surface area contributed by atoms with E-state index in [-0.39, 0.29) is 5.75 Å². The molecule has 0 unspecified atom stereocenters. The van der Waals surface area contributed by atoms with Crippen molar-refractivity contribution in [2.75, 3.05) is 0 Å². The van der Waals surface area contributed by atoms with E-state index in [2.05, 4.69) is 0 Å². The summed E-state index contributed by atoms with van der Waals surface area (Å²) in [6.45, 7) is 8.13. The van der Waals surface area contributed by atoms with Gasteiger partial charge in [0.2, 0.25) is 0 Å². The zero-order valence-corrected chi connectivity index (χ0v) is 15.6. The Morgan fingerprint density at radius 1 is 0.654 bits per heavy atom. The molecule has 0 atom stereocenters. The third kappa shape index (κ3) is 3.67. The third-order valence-corrected chi connectivity index (χ3v) is 4.77. The van der Waals surface area contributed by atoms with Gasteiger partial charge in [0.15, 0.2) is 0 Å². The van der Waals surface area contributed by atoms with Crippen molar-refractivity contribution >= 4 is 0 Å². The number of aromatic hydroxyl groups is 1. The number of phenolic OH excluding ortho intramolecular Hbond substituents is 1. The largest absolute Gasteiger partial charge is 0.507 e. The minimum Gasteiger partial charge on any atom is -0.507 e. The van der Waals surface area contributed by atoms with Gasteiger partial charge in [0.25, 0.3) is 6.29 Å². The van der Waals surface area contributed by atoms with Crippen molar-refractivity contribution in [2.24, 2.45) is 0 Å². The Balaban J connectivity index is 2.01. The molecule has 3 nitrogen and oxygen atoms in total. The summed E-state index contributed by atoms with van der Waals surface area (Å²) in [5.41, 5.74) is 4.99. The first-order valence-corrected chi connectivity index (χ1v) is 8.71. The van der Waals surface area contributed by atoms with E-state index in [0.717, 1.165) is 33.8 Å². The van der Waals surface area contributed by atoms with E-state index < -0.39 is 6.29 Å². The highest BCUT2D eigenvalue weighted by molar-refractivity contribution is 5.42. The van der Waals surface area contributed by atoms with Crippen molar-refractivity contribution in [1.82, 2.24) is 0 Å². The third-order valence-electron chi connectivity index (χ3n) is 4.77. The molecular formula is C23H24O3. The smallest absolute Gasteiger partial charge is 0.271 e. The lowest BCUT2D eigenvalue weighted by Gasteiger charge is -2.24. The lowest BCUT2D eigenvalue weighted by atomic mass is 10.1. The van der Waals surface area contributed by atoms with Crippen LogP contribution in [0.4, 0.5) is 0 Å². The van der Waals surface area contributed by atoms with Crippen LogP contribution in [0.3, 0.4) is 0 Å². The van der Waals surface area contributed by atoms with Gasteiger partial charge in [-0.2, -0.15) is 0 Å². The van der Waals surface area contributed by atoms with Crippen molar-refractivity contribution in [2.45, 2.75) is 34.0 Å². The molecule has 0 aliphatic carbocycles. The van der Waals surface area contributed by atoms with Gasteiger partial charge in [-0.15, -0.1) is 0 Å². The molecule has 0 heterocycles. The molecule has 0 aliphatic heterocycles. The van der Waals surface area contributed by atoms with Crippen LogP contribution in [0, 0.1) is 27.7 Å². The Morgan fingerprint density at radius 2 is 1.15 bits per heavy atom. The normalized spacial score (nSPS) is 10.8. The number of rotatable bonds is 5. The fourth-order valence-electron chi connectivity index (χ4n) is 2.77. The van der Waals surface area contributed by atoms with E-state index in [1.54, 1.807) is 12.1 Å². The molecule has 0 spiro atoms. The second-order valence-electron chi connectivity index (χ2n) is 6.52. The summed E-state index contributed by atoms with van der Waals surface area (Å²) in [6, 6.07) is 18.9. The Bertz CT molecular complexity index is 862. The Hall–Kier alpha value is -2.94. The lowest BCUT2D eigenvalue weighted by Crippen LogP contribution is -2.16.